The summed E-state index contributed by atoms with van der Waals surface area (Å²) in [7, 11) is 0. The largest absolute Gasteiger partial charge is 0.378 e. The Morgan fingerprint density at radius 2 is 1.82 bits per heavy atom. The first-order chi connectivity index (χ1) is 16.1. The minimum absolute atomic E-state index is 0.0188. The lowest BCUT2D eigenvalue weighted by molar-refractivity contribution is -0.132. The number of hydrogen-bond donors (Lipinski definition) is 0. The summed E-state index contributed by atoms with van der Waals surface area (Å²) in [4.78, 5) is 33.8. The molecule has 9 heteroatoms. The van der Waals surface area contributed by atoms with Gasteiger partial charge in [-0.2, -0.15) is 0 Å². The Labute approximate surface area is 203 Å². The summed E-state index contributed by atoms with van der Waals surface area (Å²) >= 11 is 8.76. The SMILES string of the molecule is O=C(CSc1nc2scc(-c3ccc(Cl)cc3)c2c(=O)n1-c1ccccc1)N1CCOCC1. The van der Waals surface area contributed by atoms with Gasteiger partial charge in [0.25, 0.3) is 5.56 Å². The van der Waals surface area contributed by atoms with E-state index in [4.69, 9.17) is 21.3 Å². The fraction of sp³-hybridized carbons (Fsp3) is 0.208. The van der Waals surface area contributed by atoms with Gasteiger partial charge in [-0.1, -0.05) is 53.7 Å². The molecule has 1 fully saturated rings. The average Bonchev–Trinajstić information content (AvgIpc) is 3.28. The van der Waals surface area contributed by atoms with E-state index in [1.54, 1.807) is 9.47 Å². The van der Waals surface area contributed by atoms with E-state index in [-0.39, 0.29) is 17.2 Å². The van der Waals surface area contributed by atoms with Crippen LogP contribution in [-0.2, 0) is 9.53 Å². The maximum atomic E-state index is 13.8. The van der Waals surface area contributed by atoms with Gasteiger partial charge in [0, 0.05) is 29.1 Å². The van der Waals surface area contributed by atoms with Crippen LogP contribution in [0.15, 0.2) is 69.9 Å². The molecule has 0 aliphatic carbocycles. The lowest BCUT2D eigenvalue weighted by Gasteiger charge is -2.26. The first-order valence-electron chi connectivity index (χ1n) is 10.5. The molecule has 0 saturated carbocycles. The Kier molecular flexibility index (Phi) is 6.50. The highest BCUT2D eigenvalue weighted by Gasteiger charge is 2.21. The minimum atomic E-state index is -0.154. The van der Waals surface area contributed by atoms with Crippen molar-refractivity contribution in [1.29, 1.82) is 0 Å². The molecular formula is C24H20ClN3O3S2. The van der Waals surface area contributed by atoms with Crippen molar-refractivity contribution in [1.82, 2.24) is 14.5 Å². The summed E-state index contributed by atoms with van der Waals surface area (Å²) in [5.41, 5.74) is 2.30. The lowest BCUT2D eigenvalue weighted by Crippen LogP contribution is -2.41. The molecule has 1 aliphatic heterocycles. The highest BCUT2D eigenvalue weighted by atomic mass is 35.5. The van der Waals surface area contributed by atoms with Gasteiger partial charge >= 0.3 is 0 Å². The van der Waals surface area contributed by atoms with E-state index in [2.05, 4.69) is 0 Å². The van der Waals surface area contributed by atoms with Crippen molar-refractivity contribution in [3.63, 3.8) is 0 Å². The molecular weight excluding hydrogens is 478 g/mol. The van der Waals surface area contributed by atoms with Gasteiger partial charge in [0.1, 0.15) is 4.83 Å². The Hall–Kier alpha value is -2.65. The van der Waals surface area contributed by atoms with Crippen LogP contribution in [0.3, 0.4) is 0 Å². The summed E-state index contributed by atoms with van der Waals surface area (Å²) in [6, 6.07) is 16.8. The quantitative estimate of drug-likeness (QED) is 0.295. The molecule has 1 saturated heterocycles. The first kappa shape index (κ1) is 22.2. The predicted molar refractivity (Wildman–Crippen MR) is 134 cm³/mol. The maximum absolute atomic E-state index is 13.8. The molecule has 0 atom stereocenters. The molecule has 1 aliphatic rings. The van der Waals surface area contributed by atoms with Crippen molar-refractivity contribution in [3.8, 4) is 16.8 Å². The summed E-state index contributed by atoms with van der Waals surface area (Å²) in [5.74, 6) is 0.227. The number of ether oxygens (including phenoxy) is 1. The number of fused-ring (bicyclic) bond motifs is 1. The van der Waals surface area contributed by atoms with Crippen LogP contribution in [0.5, 0.6) is 0 Å². The van der Waals surface area contributed by atoms with Crippen LogP contribution < -0.4 is 5.56 Å². The number of carbonyl (C=O) groups is 1. The Morgan fingerprint density at radius 1 is 1.09 bits per heavy atom. The molecule has 33 heavy (non-hydrogen) atoms. The molecule has 3 heterocycles. The average molecular weight is 498 g/mol. The van der Waals surface area contributed by atoms with Gasteiger partial charge in [-0.05, 0) is 29.8 Å². The third-order valence-electron chi connectivity index (χ3n) is 5.44. The molecule has 1 amide bonds. The third-order valence-corrected chi connectivity index (χ3v) is 7.48. The number of amides is 1. The summed E-state index contributed by atoms with van der Waals surface area (Å²) in [6.07, 6.45) is 0. The number of morpholine rings is 1. The predicted octanol–water partition coefficient (Wildman–Crippen LogP) is 4.72. The highest BCUT2D eigenvalue weighted by Crippen LogP contribution is 2.33. The smallest absolute Gasteiger partial charge is 0.268 e. The van der Waals surface area contributed by atoms with Crippen LogP contribution in [0.1, 0.15) is 0 Å². The molecule has 0 N–H and O–H groups in total. The van der Waals surface area contributed by atoms with Crippen molar-refractivity contribution in [3.05, 3.63) is 75.4 Å². The fourth-order valence-electron chi connectivity index (χ4n) is 3.75. The monoisotopic (exact) mass is 497 g/mol. The minimum Gasteiger partial charge on any atom is -0.378 e. The van der Waals surface area contributed by atoms with E-state index in [1.807, 2.05) is 60.0 Å². The van der Waals surface area contributed by atoms with Crippen LogP contribution in [0.25, 0.3) is 27.0 Å². The van der Waals surface area contributed by atoms with Gasteiger partial charge in [-0.25, -0.2) is 4.98 Å². The van der Waals surface area contributed by atoms with Crippen molar-refractivity contribution in [2.75, 3.05) is 32.1 Å². The van der Waals surface area contributed by atoms with E-state index in [9.17, 15) is 9.59 Å². The van der Waals surface area contributed by atoms with Crippen LogP contribution in [0, 0.1) is 0 Å². The van der Waals surface area contributed by atoms with Gasteiger partial charge in [0.2, 0.25) is 5.91 Å². The molecule has 0 spiro atoms. The first-order valence-corrected chi connectivity index (χ1v) is 12.7. The molecule has 0 unspecified atom stereocenters. The number of rotatable bonds is 5. The number of aromatic nitrogens is 2. The van der Waals surface area contributed by atoms with Crippen LogP contribution in [-0.4, -0.2) is 52.4 Å². The summed E-state index contributed by atoms with van der Waals surface area (Å²) in [5, 5.41) is 3.66. The summed E-state index contributed by atoms with van der Waals surface area (Å²) in [6.45, 7) is 2.29. The van der Waals surface area contributed by atoms with E-state index >= 15 is 0 Å². The van der Waals surface area contributed by atoms with E-state index < -0.39 is 0 Å². The van der Waals surface area contributed by atoms with Gasteiger partial charge in [-0.3, -0.25) is 14.2 Å². The highest BCUT2D eigenvalue weighted by molar-refractivity contribution is 7.99. The molecule has 0 bridgehead atoms. The number of hydrogen-bond acceptors (Lipinski definition) is 6. The van der Waals surface area contributed by atoms with Crippen LogP contribution in [0.2, 0.25) is 5.02 Å². The third kappa shape index (κ3) is 4.56. The van der Waals surface area contributed by atoms with Crippen LogP contribution >= 0.6 is 34.7 Å². The normalized spacial score (nSPS) is 14.0. The zero-order valence-corrected chi connectivity index (χ0v) is 20.0. The number of carbonyl (C=O) groups excluding carboxylic acids is 1. The Balaban J connectivity index is 1.58. The molecule has 168 valence electrons. The number of halogens is 1. The second kappa shape index (κ2) is 9.69. The van der Waals surface area contributed by atoms with Crippen LogP contribution in [0.4, 0.5) is 0 Å². The number of benzene rings is 2. The van der Waals surface area contributed by atoms with Gasteiger partial charge in [0.15, 0.2) is 5.16 Å². The number of thiophene rings is 1. The molecule has 2 aromatic heterocycles. The van der Waals surface area contributed by atoms with Crippen molar-refractivity contribution < 1.29 is 9.53 Å². The molecule has 6 nitrogen and oxygen atoms in total. The molecule has 5 rings (SSSR count). The standard InChI is InChI=1S/C24H20ClN3O3S2/c25-17-8-6-16(7-9-17)19-14-32-22-21(19)23(30)28(18-4-2-1-3-5-18)24(26-22)33-15-20(29)27-10-12-31-13-11-27/h1-9,14H,10-13,15H2. The number of thioether (sulfide) groups is 1. The van der Waals surface area contributed by atoms with Crippen molar-refractivity contribution in [2.45, 2.75) is 5.16 Å². The zero-order valence-electron chi connectivity index (χ0n) is 17.6. The Morgan fingerprint density at radius 3 is 2.55 bits per heavy atom. The maximum Gasteiger partial charge on any atom is 0.268 e. The number of para-hydroxylation sites is 1. The zero-order chi connectivity index (χ0) is 22.8. The van der Waals surface area contributed by atoms with Gasteiger partial charge < -0.3 is 9.64 Å². The Bertz CT molecular complexity index is 1350. The van der Waals surface area contributed by atoms with Gasteiger partial charge in [0.05, 0.1) is 30.0 Å². The second-order valence-electron chi connectivity index (χ2n) is 7.49. The lowest BCUT2D eigenvalue weighted by atomic mass is 10.1. The molecule has 0 radical (unpaired) electrons. The second-order valence-corrected chi connectivity index (χ2v) is 9.73. The number of nitrogens with zero attached hydrogens (tertiary/aromatic N) is 3. The van der Waals surface area contributed by atoms with E-state index in [0.29, 0.717) is 52.4 Å². The topological polar surface area (TPSA) is 64.4 Å². The summed E-state index contributed by atoms with van der Waals surface area (Å²) < 4.78 is 6.94. The van der Waals surface area contributed by atoms with Crippen molar-refractivity contribution >= 4 is 50.8 Å². The van der Waals surface area contributed by atoms with Crippen molar-refractivity contribution in [2.24, 2.45) is 0 Å². The van der Waals surface area contributed by atoms with E-state index in [1.165, 1.54) is 23.1 Å². The fourth-order valence-corrected chi connectivity index (χ4v) is 5.78. The molecule has 4 aromatic rings. The van der Waals surface area contributed by atoms with E-state index in [0.717, 1.165) is 11.1 Å². The molecule has 2 aromatic carbocycles. The van der Waals surface area contributed by atoms with Gasteiger partial charge in [-0.15, -0.1) is 11.3 Å².